The Balaban J connectivity index is 0.00000186. The summed E-state index contributed by atoms with van der Waals surface area (Å²) in [5, 5.41) is 5.32. The number of halogens is 2. The third-order valence-corrected chi connectivity index (χ3v) is 32.2. The molecule has 0 fully saturated rings. The maximum atomic E-state index is 2.66. The zero-order chi connectivity index (χ0) is 29.9. The van der Waals surface area contributed by atoms with Crippen LogP contribution in [0.25, 0.3) is 56.0 Å². The summed E-state index contributed by atoms with van der Waals surface area (Å²) in [5.74, 6) is -0.931. The molecule has 0 spiro atoms. The van der Waals surface area contributed by atoms with E-state index in [1.165, 1.54) is 54.9 Å². The molecule has 0 bridgehead atoms. The summed E-state index contributed by atoms with van der Waals surface area (Å²) in [7, 11) is 0. The third-order valence-electron chi connectivity index (χ3n) is 10.0. The average Bonchev–Trinajstić information content (AvgIpc) is 3.56. The first-order valence-electron chi connectivity index (χ1n) is 16.0. The van der Waals surface area contributed by atoms with Crippen molar-refractivity contribution < 1.29 is 30.3 Å². The normalized spacial score (nSPS) is 16.4. The van der Waals surface area contributed by atoms with E-state index in [-0.39, 0.29) is 9.41 Å². The average molecular weight is 701 g/mol. The summed E-state index contributed by atoms with van der Waals surface area (Å²) < 4.78 is 1.27. The van der Waals surface area contributed by atoms with Crippen molar-refractivity contribution in [1.82, 2.24) is 0 Å². The topological polar surface area (TPSA) is 0 Å². The van der Waals surface area contributed by atoms with Gasteiger partial charge < -0.3 is 0 Å². The standard InChI is InChI=1S/2C20H15.C2H7Si.2FH.Zr/c2*1-14-12-16-8-5-11-19(20(16)13-14)18-10-4-7-15-6-2-3-9-17(15)18;1-3-2;;;/h2*2-13H,1H3;3H,1-2H3;2*1H;. The second-order valence-corrected chi connectivity index (χ2v) is 33.0. The van der Waals surface area contributed by atoms with Crippen molar-refractivity contribution in [3.05, 3.63) is 155 Å². The van der Waals surface area contributed by atoms with E-state index in [0.29, 0.717) is 7.25 Å². The van der Waals surface area contributed by atoms with Gasteiger partial charge >= 0.3 is 272 Å². The molecule has 0 radical (unpaired) electrons. The number of benzene rings is 6. The van der Waals surface area contributed by atoms with Crippen molar-refractivity contribution >= 4 is 39.6 Å². The maximum absolute atomic E-state index is 2.66. The Bertz CT molecular complexity index is 2000. The molecule has 0 amide bonds. The van der Waals surface area contributed by atoms with Gasteiger partial charge in [0.2, 0.25) is 0 Å². The molecule has 8 rings (SSSR count). The van der Waals surface area contributed by atoms with Crippen molar-refractivity contribution in [3.8, 4) is 22.3 Å². The SMILES string of the molecule is CC1=Cc2c(-c3cccc4ccccc34)cccc2[CH]1[Zr]([CH]1C(C)=Cc2c(-c3cccc4ccccc34)cccc21)[SiH](C)C.F.F. The molecular weight excluding hydrogens is 662 g/mol. The van der Waals surface area contributed by atoms with Gasteiger partial charge in [-0.2, -0.15) is 0 Å². The monoisotopic (exact) mass is 699 g/mol. The second kappa shape index (κ2) is 12.8. The molecule has 0 saturated carbocycles. The van der Waals surface area contributed by atoms with Crippen LogP contribution in [0.5, 0.6) is 0 Å². The minimum absolute atomic E-state index is 0. The number of hydrogen-bond acceptors (Lipinski definition) is 0. The Morgan fingerprint density at radius 3 is 1.26 bits per heavy atom. The first-order chi connectivity index (χ1) is 21.5. The van der Waals surface area contributed by atoms with Crippen LogP contribution in [-0.4, -0.2) is 5.92 Å². The van der Waals surface area contributed by atoms with E-state index in [0.717, 1.165) is 0 Å². The van der Waals surface area contributed by atoms with E-state index in [1.54, 1.807) is 22.3 Å². The van der Waals surface area contributed by atoms with Crippen LogP contribution in [0.1, 0.15) is 43.4 Å². The number of hydrogen-bond donors (Lipinski definition) is 0. The molecule has 0 heterocycles. The van der Waals surface area contributed by atoms with Gasteiger partial charge in [0.05, 0.1) is 0 Å². The van der Waals surface area contributed by atoms with E-state index in [9.17, 15) is 0 Å². The first-order valence-corrected chi connectivity index (χ1v) is 25.9. The Morgan fingerprint density at radius 2 is 0.826 bits per heavy atom. The fourth-order valence-electron chi connectivity index (χ4n) is 8.21. The van der Waals surface area contributed by atoms with Gasteiger partial charge in [-0.05, 0) is 0 Å². The van der Waals surface area contributed by atoms with E-state index in [2.05, 4.69) is 160 Å². The van der Waals surface area contributed by atoms with Gasteiger partial charge in [-0.1, -0.05) is 0 Å². The number of rotatable bonds is 5. The molecule has 0 aliphatic heterocycles. The molecule has 2 aliphatic rings. The third kappa shape index (κ3) is 5.11. The first kappa shape index (κ1) is 32.2. The fourth-order valence-corrected chi connectivity index (χ4v) is 31.4. The largest absolute Gasteiger partial charge is 0.269 e. The Morgan fingerprint density at radius 1 is 0.457 bits per heavy atom. The Kier molecular flexibility index (Phi) is 8.98. The van der Waals surface area contributed by atoms with Crippen LogP contribution in [0, 0.1) is 0 Å². The van der Waals surface area contributed by atoms with Crippen LogP contribution < -0.4 is 0 Å². The summed E-state index contributed by atoms with van der Waals surface area (Å²) in [4.78, 5) is 0. The van der Waals surface area contributed by atoms with Crippen LogP contribution >= 0.6 is 0 Å². The van der Waals surface area contributed by atoms with Crippen LogP contribution in [-0.2, 0) is 20.9 Å². The van der Waals surface area contributed by atoms with Crippen LogP contribution in [0.4, 0.5) is 9.41 Å². The van der Waals surface area contributed by atoms with E-state index in [1.807, 2.05) is 0 Å². The van der Waals surface area contributed by atoms with Gasteiger partial charge in [0.1, 0.15) is 0 Å². The molecule has 2 unspecified atom stereocenters. The van der Waals surface area contributed by atoms with Crippen molar-refractivity contribution in [1.29, 1.82) is 0 Å². The molecule has 2 atom stereocenters. The molecule has 46 heavy (non-hydrogen) atoms. The quantitative estimate of drug-likeness (QED) is 0.157. The van der Waals surface area contributed by atoms with Gasteiger partial charge in [0.25, 0.3) is 0 Å². The molecule has 0 nitrogen and oxygen atoms in total. The molecule has 4 heteroatoms. The van der Waals surface area contributed by atoms with Crippen molar-refractivity contribution in [3.63, 3.8) is 0 Å². The summed E-state index contributed by atoms with van der Waals surface area (Å²) in [6.07, 6.45) is 5.13. The second-order valence-electron chi connectivity index (χ2n) is 13.0. The van der Waals surface area contributed by atoms with E-state index >= 15 is 0 Å². The summed E-state index contributed by atoms with van der Waals surface area (Å²) in [6, 6.07) is 45.6. The molecular formula is C42H39F2SiZr. The predicted molar refractivity (Wildman–Crippen MR) is 195 cm³/mol. The van der Waals surface area contributed by atoms with Crippen LogP contribution in [0.15, 0.2) is 132 Å². The molecule has 0 saturated heterocycles. The van der Waals surface area contributed by atoms with Crippen molar-refractivity contribution in [2.24, 2.45) is 0 Å². The molecule has 2 aliphatic carbocycles. The van der Waals surface area contributed by atoms with E-state index < -0.39 is 26.8 Å². The molecule has 229 valence electrons. The summed E-state index contributed by atoms with van der Waals surface area (Å²) in [6.45, 7) is 10.2. The van der Waals surface area contributed by atoms with E-state index in [4.69, 9.17) is 0 Å². The fraction of sp³-hybridized carbons (Fsp3) is 0.143. The molecule has 6 aromatic rings. The molecule has 0 aromatic heterocycles. The van der Waals surface area contributed by atoms with Gasteiger partial charge in [0.15, 0.2) is 0 Å². The number of fused-ring (bicyclic) bond motifs is 4. The minimum atomic E-state index is -2.13. The summed E-state index contributed by atoms with van der Waals surface area (Å²) >= 11 is -2.13. The smallest absolute Gasteiger partial charge is 0.269 e. The van der Waals surface area contributed by atoms with Gasteiger partial charge in [-0.25, -0.2) is 0 Å². The minimum Gasteiger partial charge on any atom is -0.269 e. The molecule has 6 aromatic carbocycles. The van der Waals surface area contributed by atoms with Crippen LogP contribution in [0.3, 0.4) is 0 Å². The zero-order valence-corrected chi connectivity index (χ0v) is 30.4. The van der Waals surface area contributed by atoms with Gasteiger partial charge in [0, 0.05) is 0 Å². The summed E-state index contributed by atoms with van der Waals surface area (Å²) in [5.41, 5.74) is 14.9. The van der Waals surface area contributed by atoms with Gasteiger partial charge in [-0.15, -0.1) is 0 Å². The van der Waals surface area contributed by atoms with Crippen LogP contribution in [0.2, 0.25) is 13.1 Å². The zero-order valence-electron chi connectivity index (χ0n) is 26.8. The maximum Gasteiger partial charge on any atom is -0.269 e. The molecule has 0 N–H and O–H groups in total. The van der Waals surface area contributed by atoms with Crippen molar-refractivity contribution in [2.75, 3.05) is 0 Å². The Labute approximate surface area is 279 Å². The number of allylic oxidation sites excluding steroid dienone is 2. The predicted octanol–water partition coefficient (Wildman–Crippen LogP) is 11.8. The van der Waals surface area contributed by atoms with Gasteiger partial charge in [-0.3, -0.25) is 9.41 Å². The Hall–Kier alpha value is -3.72. The van der Waals surface area contributed by atoms with Crippen molar-refractivity contribution in [2.45, 2.75) is 34.2 Å².